The van der Waals surface area contributed by atoms with Crippen molar-refractivity contribution >= 4 is 17.6 Å². The van der Waals surface area contributed by atoms with E-state index in [1.165, 1.54) is 5.56 Å². The molecule has 2 heterocycles. The highest BCUT2D eigenvalue weighted by molar-refractivity contribution is 5.94. The molecular weight excluding hydrogens is 380 g/mol. The van der Waals surface area contributed by atoms with Crippen LogP contribution in [-0.2, 0) is 17.6 Å². The first-order valence-electron chi connectivity index (χ1n) is 10.5. The minimum Gasteiger partial charge on any atom is -0.317 e. The lowest BCUT2D eigenvalue weighted by Gasteiger charge is -2.32. The van der Waals surface area contributed by atoms with E-state index in [0.29, 0.717) is 11.4 Å². The molecule has 30 heavy (non-hydrogen) atoms. The van der Waals surface area contributed by atoms with Crippen molar-refractivity contribution in [1.29, 1.82) is 0 Å². The van der Waals surface area contributed by atoms with Crippen LogP contribution in [0.1, 0.15) is 59.2 Å². The van der Waals surface area contributed by atoms with Gasteiger partial charge in [-0.3, -0.25) is 14.8 Å². The highest BCUT2D eigenvalue weighted by Crippen LogP contribution is 2.34. The second kappa shape index (κ2) is 8.53. The maximum atomic E-state index is 12.8. The molecule has 158 valence electrons. The summed E-state index contributed by atoms with van der Waals surface area (Å²) in [6.07, 6.45) is 6.13. The Bertz CT molecular complexity index is 953. The Kier molecular flexibility index (Phi) is 5.83. The number of aryl methyl sites for hydroxylation is 1. The summed E-state index contributed by atoms with van der Waals surface area (Å²) in [5, 5.41) is 15.2. The van der Waals surface area contributed by atoms with Gasteiger partial charge in [0.25, 0.3) is 5.91 Å². The van der Waals surface area contributed by atoms with E-state index in [4.69, 9.17) is 5.21 Å². The van der Waals surface area contributed by atoms with Gasteiger partial charge in [0, 0.05) is 17.2 Å². The highest BCUT2D eigenvalue weighted by atomic mass is 16.5. The number of aromatic nitrogens is 1. The van der Waals surface area contributed by atoms with Gasteiger partial charge in [0.15, 0.2) is 0 Å². The molecule has 1 fully saturated rings. The lowest BCUT2D eigenvalue weighted by atomic mass is 9.79. The molecule has 1 aromatic carbocycles. The third kappa shape index (κ3) is 4.22. The van der Waals surface area contributed by atoms with Gasteiger partial charge < -0.3 is 10.6 Å². The number of anilines is 1. The van der Waals surface area contributed by atoms with E-state index in [9.17, 15) is 9.59 Å². The van der Waals surface area contributed by atoms with Crippen LogP contribution in [0.15, 0.2) is 36.5 Å². The maximum absolute atomic E-state index is 12.8. The van der Waals surface area contributed by atoms with E-state index in [-0.39, 0.29) is 17.2 Å². The fourth-order valence-corrected chi connectivity index (χ4v) is 4.49. The fourth-order valence-electron chi connectivity index (χ4n) is 4.49. The van der Waals surface area contributed by atoms with Gasteiger partial charge in [0.1, 0.15) is 5.82 Å². The lowest BCUT2D eigenvalue weighted by molar-refractivity contribution is -0.126. The normalized spacial score (nSPS) is 20.1. The Morgan fingerprint density at radius 2 is 1.97 bits per heavy atom. The second-order valence-electron chi connectivity index (χ2n) is 8.60. The quantitative estimate of drug-likeness (QED) is 0.460. The van der Waals surface area contributed by atoms with Crippen LogP contribution in [0.4, 0.5) is 5.82 Å². The van der Waals surface area contributed by atoms with Gasteiger partial charge >= 0.3 is 0 Å². The van der Waals surface area contributed by atoms with E-state index in [0.717, 1.165) is 56.3 Å². The molecule has 4 N–H and O–H groups in total. The lowest BCUT2D eigenvalue weighted by Crippen LogP contribution is -2.43. The summed E-state index contributed by atoms with van der Waals surface area (Å²) in [4.78, 5) is 28.9. The van der Waals surface area contributed by atoms with Crippen LogP contribution in [0, 0.1) is 5.41 Å². The number of benzene rings is 1. The topological polar surface area (TPSA) is 103 Å². The smallest absolute Gasteiger partial charge is 0.274 e. The highest BCUT2D eigenvalue weighted by Gasteiger charge is 2.34. The van der Waals surface area contributed by atoms with Gasteiger partial charge in [0.05, 0.1) is 0 Å². The monoisotopic (exact) mass is 408 g/mol. The van der Waals surface area contributed by atoms with Gasteiger partial charge in [-0.25, -0.2) is 10.5 Å². The molecule has 7 nitrogen and oxygen atoms in total. The summed E-state index contributed by atoms with van der Waals surface area (Å²) in [5.41, 5.74) is 5.28. The van der Waals surface area contributed by atoms with Gasteiger partial charge in [0.2, 0.25) is 5.91 Å². The summed E-state index contributed by atoms with van der Waals surface area (Å²) in [6, 6.07) is 9.54. The molecule has 0 radical (unpaired) electrons. The molecule has 1 atom stereocenters. The second-order valence-corrected chi connectivity index (χ2v) is 8.60. The minimum atomic E-state index is -0.500. The maximum Gasteiger partial charge on any atom is 0.274 e. The first kappa shape index (κ1) is 20.5. The zero-order valence-electron chi connectivity index (χ0n) is 17.2. The molecule has 1 unspecified atom stereocenters. The Labute approximate surface area is 176 Å². The summed E-state index contributed by atoms with van der Waals surface area (Å²) < 4.78 is 0. The van der Waals surface area contributed by atoms with Gasteiger partial charge in [-0.2, -0.15) is 0 Å². The molecule has 0 saturated carbocycles. The first-order valence-corrected chi connectivity index (χ1v) is 10.5. The Morgan fingerprint density at radius 3 is 2.73 bits per heavy atom. The fraction of sp³-hybridized carbons (Fsp3) is 0.435. The predicted molar refractivity (Wildman–Crippen MR) is 114 cm³/mol. The molecule has 7 heteroatoms. The summed E-state index contributed by atoms with van der Waals surface area (Å²) in [5.74, 6) is 0.414. The predicted octanol–water partition coefficient (Wildman–Crippen LogP) is 2.80. The molecule has 4 rings (SSSR count). The Hall–Kier alpha value is -2.77. The average molecular weight is 409 g/mol. The third-order valence-corrected chi connectivity index (χ3v) is 6.55. The van der Waals surface area contributed by atoms with Crippen LogP contribution < -0.4 is 16.1 Å². The number of nitrogens with one attached hydrogen (secondary N) is 3. The number of carbonyl (C=O) groups is 2. The van der Waals surface area contributed by atoms with Crippen LogP contribution in [0.3, 0.4) is 0 Å². The molecule has 2 amide bonds. The molecule has 1 aliphatic carbocycles. The number of hydroxylamine groups is 1. The van der Waals surface area contributed by atoms with Crippen LogP contribution in [0.5, 0.6) is 0 Å². The molecule has 0 bridgehead atoms. The van der Waals surface area contributed by atoms with Crippen molar-refractivity contribution < 1.29 is 14.8 Å². The van der Waals surface area contributed by atoms with Gasteiger partial charge in [-0.05, 0) is 92.1 Å². The van der Waals surface area contributed by atoms with Crippen molar-refractivity contribution in [2.24, 2.45) is 5.41 Å². The summed E-state index contributed by atoms with van der Waals surface area (Å²) in [7, 11) is 0. The number of amides is 2. The number of nitrogens with zero attached hydrogens (tertiary/aromatic N) is 1. The third-order valence-electron chi connectivity index (χ3n) is 6.55. The molecular formula is C23H28N4O3. The Balaban J connectivity index is 1.49. The number of carbonyl (C=O) groups excluding carboxylic acids is 2. The van der Waals surface area contributed by atoms with Crippen molar-refractivity contribution in [1.82, 2.24) is 15.8 Å². The zero-order chi connectivity index (χ0) is 21.1. The van der Waals surface area contributed by atoms with E-state index in [1.54, 1.807) is 17.7 Å². The number of piperidine rings is 1. The molecule has 1 saturated heterocycles. The summed E-state index contributed by atoms with van der Waals surface area (Å²) in [6.45, 7) is 3.73. The van der Waals surface area contributed by atoms with Crippen molar-refractivity contribution in [3.8, 4) is 0 Å². The Morgan fingerprint density at radius 1 is 1.17 bits per heavy atom. The van der Waals surface area contributed by atoms with Crippen molar-refractivity contribution in [2.75, 3.05) is 18.4 Å². The van der Waals surface area contributed by atoms with E-state index < -0.39 is 5.91 Å². The number of pyridine rings is 1. The average Bonchev–Trinajstić information content (AvgIpc) is 2.78. The molecule has 1 aromatic heterocycles. The minimum absolute atomic E-state index is 0.0299. The van der Waals surface area contributed by atoms with E-state index in [1.807, 2.05) is 31.2 Å². The number of rotatable bonds is 4. The van der Waals surface area contributed by atoms with Crippen molar-refractivity contribution in [3.63, 3.8) is 0 Å². The SMILES string of the molecule is CC1(C(=O)Nc2cc(C3CCc4ccc(C(=O)NO)cc4C3)ccn2)CCNCC1. The van der Waals surface area contributed by atoms with Gasteiger partial charge in [-0.1, -0.05) is 13.0 Å². The summed E-state index contributed by atoms with van der Waals surface area (Å²) >= 11 is 0. The largest absolute Gasteiger partial charge is 0.317 e. The number of fused-ring (bicyclic) bond motifs is 1. The zero-order valence-corrected chi connectivity index (χ0v) is 17.2. The first-order chi connectivity index (χ1) is 14.5. The number of hydrogen-bond acceptors (Lipinski definition) is 5. The van der Waals surface area contributed by atoms with Gasteiger partial charge in [-0.15, -0.1) is 0 Å². The number of hydrogen-bond donors (Lipinski definition) is 4. The van der Waals surface area contributed by atoms with Crippen LogP contribution in [0.25, 0.3) is 0 Å². The van der Waals surface area contributed by atoms with Crippen LogP contribution >= 0.6 is 0 Å². The molecule has 2 aliphatic rings. The molecule has 0 spiro atoms. The van der Waals surface area contributed by atoms with Crippen LogP contribution in [0.2, 0.25) is 0 Å². The van der Waals surface area contributed by atoms with Crippen LogP contribution in [-0.4, -0.2) is 35.1 Å². The van der Waals surface area contributed by atoms with E-state index >= 15 is 0 Å². The molecule has 2 aromatic rings. The van der Waals surface area contributed by atoms with Crippen molar-refractivity contribution in [3.05, 3.63) is 58.8 Å². The van der Waals surface area contributed by atoms with E-state index in [2.05, 4.69) is 15.6 Å². The van der Waals surface area contributed by atoms with Crippen molar-refractivity contribution in [2.45, 2.75) is 44.9 Å². The molecule has 1 aliphatic heterocycles. The standard InChI is InChI=1S/C23H28N4O3/c1-23(7-10-24-11-8-23)22(29)26-20-14-17(6-9-25-20)16-4-2-15-3-5-18(21(28)27-30)13-19(15)12-16/h3,5-6,9,13-14,16,24,30H,2,4,7-8,10-12H2,1H3,(H,27,28)(H,25,26,29).